The van der Waals surface area contributed by atoms with E-state index in [2.05, 4.69) is 5.32 Å². The second-order valence-corrected chi connectivity index (χ2v) is 6.76. The third-order valence-electron chi connectivity index (χ3n) is 3.35. The number of aryl methyl sites for hydroxylation is 2. The summed E-state index contributed by atoms with van der Waals surface area (Å²) >= 11 is 0. The monoisotopic (exact) mass is 308 g/mol. The number of sulfonamides is 1. The summed E-state index contributed by atoms with van der Waals surface area (Å²) in [5.74, 6) is 1.51. The van der Waals surface area contributed by atoms with Crippen LogP contribution in [0.25, 0.3) is 0 Å². The molecule has 1 aromatic heterocycles. The highest BCUT2D eigenvalue weighted by Gasteiger charge is 2.34. The highest BCUT2D eigenvalue weighted by atomic mass is 35.5. The molecule has 0 aliphatic carbocycles. The van der Waals surface area contributed by atoms with Crippen molar-refractivity contribution in [3.63, 3.8) is 0 Å². The predicted octanol–water partition coefficient (Wildman–Crippen LogP) is 1.55. The van der Waals surface area contributed by atoms with Crippen LogP contribution in [0.2, 0.25) is 0 Å². The lowest BCUT2D eigenvalue weighted by atomic mass is 10.1. The van der Waals surface area contributed by atoms with E-state index in [1.807, 2.05) is 7.05 Å². The minimum absolute atomic E-state index is 0. The molecular weight excluding hydrogens is 288 g/mol. The van der Waals surface area contributed by atoms with Gasteiger partial charge in [0.25, 0.3) is 0 Å². The second-order valence-electron chi connectivity index (χ2n) is 4.85. The van der Waals surface area contributed by atoms with Crippen LogP contribution in [-0.4, -0.2) is 39.4 Å². The highest BCUT2D eigenvalue weighted by Crippen LogP contribution is 2.27. The Hall–Kier alpha value is -0.560. The van der Waals surface area contributed by atoms with Crippen LogP contribution in [0, 0.1) is 19.8 Å². The third kappa shape index (κ3) is 3.31. The van der Waals surface area contributed by atoms with Crippen LogP contribution in [0.15, 0.2) is 15.4 Å². The summed E-state index contributed by atoms with van der Waals surface area (Å²) in [5, 5.41) is 3.10. The Balaban J connectivity index is 0.00000180. The molecule has 1 fully saturated rings. The number of furan rings is 1. The van der Waals surface area contributed by atoms with Gasteiger partial charge in [-0.15, -0.1) is 12.4 Å². The van der Waals surface area contributed by atoms with Crippen LogP contribution in [0.4, 0.5) is 0 Å². The number of rotatable bonds is 4. The molecule has 1 saturated heterocycles. The Morgan fingerprint density at radius 3 is 2.68 bits per heavy atom. The molecule has 5 nitrogen and oxygen atoms in total. The molecular formula is C12H21ClN2O3S. The fourth-order valence-corrected chi connectivity index (χ4v) is 4.22. The average Bonchev–Trinajstić information content (AvgIpc) is 2.86. The smallest absolute Gasteiger partial charge is 0.246 e. The first kappa shape index (κ1) is 16.5. The zero-order chi connectivity index (χ0) is 13.3. The summed E-state index contributed by atoms with van der Waals surface area (Å²) in [4.78, 5) is 0.310. The number of nitrogens with one attached hydrogen (secondary N) is 1. The van der Waals surface area contributed by atoms with E-state index in [4.69, 9.17) is 4.42 Å². The maximum atomic E-state index is 12.5. The lowest BCUT2D eigenvalue weighted by Crippen LogP contribution is -2.30. The van der Waals surface area contributed by atoms with Crippen molar-refractivity contribution in [2.75, 3.05) is 26.7 Å². The van der Waals surface area contributed by atoms with E-state index in [1.165, 1.54) is 0 Å². The molecule has 1 aliphatic rings. The summed E-state index contributed by atoms with van der Waals surface area (Å²) in [6.45, 7) is 5.50. The van der Waals surface area contributed by atoms with Gasteiger partial charge in [0.1, 0.15) is 16.4 Å². The van der Waals surface area contributed by atoms with E-state index in [1.54, 1.807) is 24.2 Å². The predicted molar refractivity (Wildman–Crippen MR) is 76.2 cm³/mol. The quantitative estimate of drug-likeness (QED) is 0.916. The van der Waals surface area contributed by atoms with Crippen molar-refractivity contribution in [3.8, 4) is 0 Å². The molecule has 110 valence electrons. The topological polar surface area (TPSA) is 62.6 Å². The molecule has 1 aliphatic heterocycles. The Kier molecular flexibility index (Phi) is 5.43. The van der Waals surface area contributed by atoms with Gasteiger partial charge < -0.3 is 9.73 Å². The van der Waals surface area contributed by atoms with Gasteiger partial charge in [-0.1, -0.05) is 0 Å². The SMILES string of the molecule is CNCC1CCN(S(=O)(=O)c2cc(C)oc2C)C1.Cl. The van der Waals surface area contributed by atoms with E-state index in [9.17, 15) is 8.42 Å². The lowest BCUT2D eigenvalue weighted by molar-refractivity contribution is 0.447. The number of halogens is 1. The molecule has 0 spiro atoms. The zero-order valence-corrected chi connectivity index (χ0v) is 13.1. The minimum atomic E-state index is -3.39. The fourth-order valence-electron chi connectivity index (χ4n) is 2.47. The Morgan fingerprint density at radius 1 is 1.47 bits per heavy atom. The molecule has 0 radical (unpaired) electrons. The second kappa shape index (κ2) is 6.26. The standard InChI is InChI=1S/C12H20N2O3S.ClH/c1-9-6-12(10(2)17-9)18(15,16)14-5-4-11(8-14)7-13-3;/h6,11,13H,4-5,7-8H2,1-3H3;1H. The van der Waals surface area contributed by atoms with Gasteiger partial charge in [-0.3, -0.25) is 0 Å². The van der Waals surface area contributed by atoms with Crippen molar-refractivity contribution in [2.24, 2.45) is 5.92 Å². The van der Waals surface area contributed by atoms with Gasteiger partial charge >= 0.3 is 0 Å². The maximum Gasteiger partial charge on any atom is 0.246 e. The first-order valence-corrected chi connectivity index (χ1v) is 7.61. The summed E-state index contributed by atoms with van der Waals surface area (Å²) < 4.78 is 31.8. The molecule has 1 unspecified atom stereocenters. The number of hydrogen-bond acceptors (Lipinski definition) is 4. The van der Waals surface area contributed by atoms with Crippen LogP contribution in [-0.2, 0) is 10.0 Å². The van der Waals surface area contributed by atoms with E-state index >= 15 is 0 Å². The molecule has 0 aromatic carbocycles. The van der Waals surface area contributed by atoms with Crippen LogP contribution in [0.1, 0.15) is 17.9 Å². The van der Waals surface area contributed by atoms with Crippen molar-refractivity contribution in [1.29, 1.82) is 0 Å². The van der Waals surface area contributed by atoms with Gasteiger partial charge in [-0.2, -0.15) is 4.31 Å². The van der Waals surface area contributed by atoms with Gasteiger partial charge in [0.2, 0.25) is 10.0 Å². The van der Waals surface area contributed by atoms with Crippen molar-refractivity contribution in [3.05, 3.63) is 17.6 Å². The highest BCUT2D eigenvalue weighted by molar-refractivity contribution is 7.89. The fraction of sp³-hybridized carbons (Fsp3) is 0.667. The Morgan fingerprint density at radius 2 is 2.16 bits per heavy atom. The summed E-state index contributed by atoms with van der Waals surface area (Å²) in [7, 11) is -1.50. The largest absolute Gasteiger partial charge is 0.465 e. The van der Waals surface area contributed by atoms with E-state index < -0.39 is 10.0 Å². The zero-order valence-electron chi connectivity index (χ0n) is 11.5. The third-order valence-corrected chi connectivity index (χ3v) is 5.33. The molecule has 1 aromatic rings. The minimum Gasteiger partial charge on any atom is -0.465 e. The van der Waals surface area contributed by atoms with E-state index in [0.717, 1.165) is 13.0 Å². The maximum absolute atomic E-state index is 12.5. The van der Waals surface area contributed by atoms with Gasteiger partial charge in [0, 0.05) is 13.1 Å². The average molecular weight is 309 g/mol. The van der Waals surface area contributed by atoms with E-state index in [-0.39, 0.29) is 12.4 Å². The van der Waals surface area contributed by atoms with Gasteiger partial charge in [0.05, 0.1) is 0 Å². The normalized spacial score (nSPS) is 20.5. The van der Waals surface area contributed by atoms with E-state index in [0.29, 0.717) is 35.4 Å². The molecule has 1 N–H and O–H groups in total. The van der Waals surface area contributed by atoms with Crippen molar-refractivity contribution < 1.29 is 12.8 Å². The van der Waals surface area contributed by atoms with Crippen LogP contribution in [0.5, 0.6) is 0 Å². The summed E-state index contributed by atoms with van der Waals surface area (Å²) in [6, 6.07) is 1.61. The Bertz CT molecular complexity index is 527. The first-order chi connectivity index (χ1) is 8.45. The molecule has 1 atom stereocenters. The van der Waals surface area contributed by atoms with Crippen molar-refractivity contribution in [2.45, 2.75) is 25.2 Å². The molecule has 19 heavy (non-hydrogen) atoms. The molecule has 0 saturated carbocycles. The van der Waals surface area contributed by atoms with Gasteiger partial charge in [0.15, 0.2) is 0 Å². The van der Waals surface area contributed by atoms with Gasteiger partial charge in [-0.25, -0.2) is 8.42 Å². The summed E-state index contributed by atoms with van der Waals surface area (Å²) in [6.07, 6.45) is 0.913. The molecule has 0 bridgehead atoms. The number of hydrogen-bond donors (Lipinski definition) is 1. The van der Waals surface area contributed by atoms with Crippen LogP contribution < -0.4 is 5.32 Å². The molecule has 0 amide bonds. The van der Waals surface area contributed by atoms with Crippen molar-refractivity contribution >= 4 is 22.4 Å². The van der Waals surface area contributed by atoms with Crippen molar-refractivity contribution in [1.82, 2.24) is 9.62 Å². The van der Waals surface area contributed by atoms with Gasteiger partial charge in [-0.05, 0) is 45.8 Å². The first-order valence-electron chi connectivity index (χ1n) is 6.17. The Labute approximate surface area is 120 Å². The van der Waals surface area contributed by atoms with Crippen LogP contribution in [0.3, 0.4) is 0 Å². The molecule has 2 rings (SSSR count). The lowest BCUT2D eigenvalue weighted by Gasteiger charge is -2.15. The number of nitrogens with zero attached hydrogens (tertiary/aromatic N) is 1. The summed E-state index contributed by atoms with van der Waals surface area (Å²) in [5.41, 5.74) is 0. The van der Waals surface area contributed by atoms with Crippen LogP contribution >= 0.6 is 12.4 Å². The molecule has 7 heteroatoms. The molecule has 2 heterocycles.